The van der Waals surface area contributed by atoms with Gasteiger partial charge < -0.3 is 9.73 Å². The second-order valence-corrected chi connectivity index (χ2v) is 8.59. The highest BCUT2D eigenvalue weighted by Crippen LogP contribution is 2.15. The van der Waals surface area contributed by atoms with Gasteiger partial charge in [0.1, 0.15) is 11.5 Å². The summed E-state index contributed by atoms with van der Waals surface area (Å²) in [6.45, 7) is 3.39. The monoisotopic (exact) mass is 470 g/mol. The maximum Gasteiger partial charge on any atom is 0.329 e. The third-order valence-corrected chi connectivity index (χ3v) is 5.17. The standard InChI is InChI=1S/C17H19BrN4O5S/c1-11(2)21-16(23)17(24)22-19-9-13-5-6-14(27-13)10-20-28(25,26)15-7-3-12(18)4-8-15/h3-9,11,20H,10H2,1-2H3,(H,21,23)(H,22,24)/b19-9+. The van der Waals surface area contributed by atoms with Gasteiger partial charge in [-0.25, -0.2) is 18.6 Å². The molecule has 0 fully saturated rings. The van der Waals surface area contributed by atoms with Crippen LogP contribution >= 0.6 is 15.9 Å². The lowest BCUT2D eigenvalue weighted by Gasteiger charge is -2.05. The van der Waals surface area contributed by atoms with E-state index < -0.39 is 21.8 Å². The molecule has 0 aliphatic carbocycles. The van der Waals surface area contributed by atoms with Crippen molar-refractivity contribution in [3.8, 4) is 0 Å². The molecule has 0 aliphatic rings. The molecule has 0 atom stereocenters. The number of carbonyl (C=O) groups is 2. The zero-order valence-corrected chi connectivity index (χ0v) is 17.5. The second-order valence-electron chi connectivity index (χ2n) is 5.91. The summed E-state index contributed by atoms with van der Waals surface area (Å²) in [5.74, 6) is -1.07. The van der Waals surface area contributed by atoms with E-state index in [9.17, 15) is 18.0 Å². The summed E-state index contributed by atoms with van der Waals surface area (Å²) in [6.07, 6.45) is 1.20. The van der Waals surface area contributed by atoms with E-state index in [-0.39, 0.29) is 23.2 Å². The van der Waals surface area contributed by atoms with Gasteiger partial charge in [0.15, 0.2) is 0 Å². The number of halogens is 1. The van der Waals surface area contributed by atoms with Crippen molar-refractivity contribution >= 4 is 44.0 Å². The van der Waals surface area contributed by atoms with E-state index in [0.717, 1.165) is 4.47 Å². The molecule has 11 heteroatoms. The molecule has 0 unspecified atom stereocenters. The van der Waals surface area contributed by atoms with E-state index in [1.807, 2.05) is 0 Å². The smallest absolute Gasteiger partial charge is 0.329 e. The van der Waals surface area contributed by atoms with Crippen molar-refractivity contribution in [2.45, 2.75) is 31.3 Å². The largest absolute Gasteiger partial charge is 0.459 e. The first-order valence-electron chi connectivity index (χ1n) is 8.15. The molecule has 3 N–H and O–H groups in total. The first-order valence-corrected chi connectivity index (χ1v) is 10.4. The van der Waals surface area contributed by atoms with Gasteiger partial charge in [-0.05, 0) is 50.2 Å². The third-order valence-electron chi connectivity index (χ3n) is 3.23. The predicted molar refractivity (Wildman–Crippen MR) is 106 cm³/mol. The molecule has 28 heavy (non-hydrogen) atoms. The van der Waals surface area contributed by atoms with Crippen molar-refractivity contribution in [1.82, 2.24) is 15.5 Å². The Hall–Kier alpha value is -2.50. The zero-order valence-electron chi connectivity index (χ0n) is 15.1. The first-order chi connectivity index (χ1) is 13.2. The van der Waals surface area contributed by atoms with Crippen LogP contribution in [0, 0.1) is 0 Å². The molecular weight excluding hydrogens is 452 g/mol. The van der Waals surface area contributed by atoms with Crippen LogP contribution in [-0.2, 0) is 26.2 Å². The summed E-state index contributed by atoms with van der Waals surface area (Å²) in [5.41, 5.74) is 2.07. The van der Waals surface area contributed by atoms with Crippen LogP contribution in [-0.4, -0.2) is 32.5 Å². The maximum atomic E-state index is 12.2. The summed E-state index contributed by atoms with van der Waals surface area (Å²) in [6, 6.07) is 9.16. The van der Waals surface area contributed by atoms with Crippen molar-refractivity contribution in [3.63, 3.8) is 0 Å². The first kappa shape index (κ1) is 21.8. The fourth-order valence-corrected chi connectivity index (χ4v) is 3.21. The van der Waals surface area contributed by atoms with Gasteiger partial charge in [0.05, 0.1) is 17.7 Å². The van der Waals surface area contributed by atoms with E-state index in [1.165, 1.54) is 18.3 Å². The molecule has 1 aromatic heterocycles. The van der Waals surface area contributed by atoms with Crippen LogP contribution in [0.1, 0.15) is 25.4 Å². The normalized spacial score (nSPS) is 11.7. The fraction of sp³-hybridized carbons (Fsp3) is 0.235. The quantitative estimate of drug-likeness (QED) is 0.320. The minimum atomic E-state index is -3.68. The van der Waals surface area contributed by atoms with Crippen molar-refractivity contribution in [1.29, 1.82) is 0 Å². The summed E-state index contributed by atoms with van der Waals surface area (Å²) in [5, 5.41) is 6.05. The number of nitrogens with zero attached hydrogens (tertiary/aromatic N) is 1. The molecule has 0 radical (unpaired) electrons. The molecule has 2 amide bonds. The third kappa shape index (κ3) is 6.59. The molecule has 1 aromatic carbocycles. The van der Waals surface area contributed by atoms with Gasteiger partial charge in [-0.15, -0.1) is 0 Å². The van der Waals surface area contributed by atoms with E-state index in [4.69, 9.17) is 4.42 Å². The van der Waals surface area contributed by atoms with Gasteiger partial charge in [0.25, 0.3) is 0 Å². The Morgan fingerprint density at radius 2 is 1.82 bits per heavy atom. The number of furan rings is 1. The molecular formula is C17H19BrN4O5S. The molecule has 2 rings (SSSR count). The molecule has 0 saturated heterocycles. The van der Waals surface area contributed by atoms with Gasteiger partial charge >= 0.3 is 11.8 Å². The molecule has 2 aromatic rings. The number of hydrogen-bond donors (Lipinski definition) is 3. The molecule has 0 spiro atoms. The Balaban J connectivity index is 1.89. The molecule has 9 nitrogen and oxygen atoms in total. The maximum absolute atomic E-state index is 12.2. The van der Waals surface area contributed by atoms with Crippen molar-refractivity contribution in [3.05, 3.63) is 52.4 Å². The summed E-state index contributed by atoms with van der Waals surface area (Å²) in [7, 11) is -3.68. The van der Waals surface area contributed by atoms with Gasteiger partial charge in [-0.1, -0.05) is 15.9 Å². The van der Waals surface area contributed by atoms with Crippen molar-refractivity contribution in [2.75, 3.05) is 0 Å². The summed E-state index contributed by atoms with van der Waals surface area (Å²) in [4.78, 5) is 23.1. The summed E-state index contributed by atoms with van der Waals surface area (Å²) >= 11 is 3.25. The number of benzene rings is 1. The van der Waals surface area contributed by atoms with Crippen molar-refractivity contribution in [2.24, 2.45) is 5.10 Å². The van der Waals surface area contributed by atoms with Crippen LogP contribution < -0.4 is 15.5 Å². The average Bonchev–Trinajstić information content (AvgIpc) is 3.07. The molecule has 0 bridgehead atoms. The Labute approximate surface area is 170 Å². The second kappa shape index (κ2) is 9.62. The number of sulfonamides is 1. The number of carbonyl (C=O) groups excluding carboxylic acids is 2. The van der Waals surface area contributed by atoms with Crippen molar-refractivity contribution < 1.29 is 22.4 Å². The number of hydrazone groups is 1. The van der Waals surface area contributed by atoms with Gasteiger partial charge in [-0.2, -0.15) is 5.10 Å². The topological polar surface area (TPSA) is 130 Å². The minimum Gasteiger partial charge on any atom is -0.459 e. The summed E-state index contributed by atoms with van der Waals surface area (Å²) < 4.78 is 33.1. The van der Waals surface area contributed by atoms with Crippen LogP contribution in [0.2, 0.25) is 0 Å². The van der Waals surface area contributed by atoms with Crippen LogP contribution in [0.3, 0.4) is 0 Å². The minimum absolute atomic E-state index is 0.0601. The SMILES string of the molecule is CC(C)NC(=O)C(=O)N/N=C/c1ccc(CNS(=O)(=O)c2ccc(Br)cc2)o1. The number of amides is 2. The van der Waals surface area contributed by atoms with Crippen LogP contribution in [0.4, 0.5) is 0 Å². The molecule has 0 aliphatic heterocycles. The number of rotatable bonds is 7. The lowest BCUT2D eigenvalue weighted by atomic mass is 10.4. The number of nitrogens with one attached hydrogen (secondary N) is 3. The Morgan fingerprint density at radius 3 is 2.46 bits per heavy atom. The van der Waals surface area contributed by atoms with Gasteiger partial charge in [0, 0.05) is 10.5 Å². The Morgan fingerprint density at radius 1 is 1.14 bits per heavy atom. The van der Waals surface area contributed by atoms with Gasteiger partial charge in [-0.3, -0.25) is 9.59 Å². The molecule has 150 valence electrons. The average molecular weight is 471 g/mol. The lowest BCUT2D eigenvalue weighted by Crippen LogP contribution is -2.41. The zero-order chi connectivity index (χ0) is 20.7. The van der Waals surface area contributed by atoms with Crippen LogP contribution in [0.15, 0.2) is 55.3 Å². The van der Waals surface area contributed by atoms with E-state index >= 15 is 0 Å². The number of hydrogen-bond acceptors (Lipinski definition) is 6. The highest BCUT2D eigenvalue weighted by atomic mass is 79.9. The van der Waals surface area contributed by atoms with E-state index in [1.54, 1.807) is 38.1 Å². The van der Waals surface area contributed by atoms with Gasteiger partial charge in [0.2, 0.25) is 10.0 Å². The van der Waals surface area contributed by atoms with E-state index in [2.05, 4.69) is 36.5 Å². The lowest BCUT2D eigenvalue weighted by molar-refractivity contribution is -0.139. The van der Waals surface area contributed by atoms with E-state index in [0.29, 0.717) is 5.76 Å². The highest BCUT2D eigenvalue weighted by Gasteiger charge is 2.15. The highest BCUT2D eigenvalue weighted by molar-refractivity contribution is 9.10. The predicted octanol–water partition coefficient (Wildman–Crippen LogP) is 1.50. The Bertz CT molecular complexity index is 968. The van der Waals surface area contributed by atoms with Crippen LogP contribution in [0.25, 0.3) is 0 Å². The van der Waals surface area contributed by atoms with Crippen LogP contribution in [0.5, 0.6) is 0 Å². The molecule has 0 saturated carbocycles. The fourth-order valence-electron chi connectivity index (χ4n) is 1.96. The Kier molecular flexibility index (Phi) is 7.49. The molecule has 1 heterocycles.